The van der Waals surface area contributed by atoms with E-state index in [9.17, 15) is 0 Å². The third-order valence-electron chi connectivity index (χ3n) is 4.54. The molecule has 27 heavy (non-hydrogen) atoms. The van der Waals surface area contributed by atoms with Crippen molar-refractivity contribution in [3.05, 3.63) is 95.6 Å². The van der Waals surface area contributed by atoms with Gasteiger partial charge in [0.05, 0.1) is 0 Å². The third kappa shape index (κ3) is 3.81. The second-order valence-electron chi connectivity index (χ2n) is 6.56. The summed E-state index contributed by atoms with van der Waals surface area (Å²) in [6.45, 7) is 4.25. The van der Waals surface area contributed by atoms with E-state index in [4.69, 9.17) is 0 Å². The van der Waals surface area contributed by atoms with Crippen molar-refractivity contribution in [3.63, 3.8) is 0 Å². The second kappa shape index (κ2) is 7.80. The van der Waals surface area contributed by atoms with Gasteiger partial charge in [-0.05, 0) is 43.2 Å². The van der Waals surface area contributed by atoms with E-state index >= 15 is 0 Å². The molecule has 0 atom stereocenters. The number of aromatic nitrogens is 3. The largest absolute Gasteiger partial charge is 0.270 e. The Morgan fingerprint density at radius 1 is 0.815 bits per heavy atom. The Balaban J connectivity index is 1.75. The van der Waals surface area contributed by atoms with E-state index < -0.39 is 0 Å². The molecular weight excluding hydrogens is 350 g/mol. The van der Waals surface area contributed by atoms with Crippen LogP contribution < -0.4 is 0 Å². The van der Waals surface area contributed by atoms with Crippen molar-refractivity contribution < 1.29 is 0 Å². The lowest BCUT2D eigenvalue weighted by Crippen LogP contribution is -2.00. The first-order valence-corrected chi connectivity index (χ1v) is 9.96. The van der Waals surface area contributed by atoms with Crippen molar-refractivity contribution in [1.29, 1.82) is 0 Å². The van der Waals surface area contributed by atoms with Crippen LogP contribution in [0, 0.1) is 13.8 Å². The molecule has 1 aromatic heterocycles. The van der Waals surface area contributed by atoms with Crippen molar-refractivity contribution in [2.24, 2.45) is 0 Å². The first kappa shape index (κ1) is 17.6. The Bertz CT molecular complexity index is 1050. The molecule has 0 aliphatic heterocycles. The summed E-state index contributed by atoms with van der Waals surface area (Å²) in [4.78, 5) is 0. The van der Waals surface area contributed by atoms with Crippen LogP contribution in [0.2, 0.25) is 0 Å². The van der Waals surface area contributed by atoms with Gasteiger partial charge in [-0.3, -0.25) is 4.57 Å². The highest BCUT2D eigenvalue weighted by atomic mass is 32.2. The fourth-order valence-corrected chi connectivity index (χ4v) is 4.09. The van der Waals surface area contributed by atoms with Crippen molar-refractivity contribution >= 4 is 11.8 Å². The highest BCUT2D eigenvalue weighted by Crippen LogP contribution is 2.30. The van der Waals surface area contributed by atoms with Crippen molar-refractivity contribution in [1.82, 2.24) is 14.8 Å². The molecule has 0 aliphatic rings. The van der Waals surface area contributed by atoms with E-state index in [1.54, 1.807) is 11.8 Å². The lowest BCUT2D eigenvalue weighted by atomic mass is 10.1. The molecule has 0 unspecified atom stereocenters. The number of nitrogens with zero attached hydrogens (tertiary/aromatic N) is 3. The summed E-state index contributed by atoms with van der Waals surface area (Å²) in [6, 6.07) is 27.2. The van der Waals surface area contributed by atoms with Gasteiger partial charge in [0.15, 0.2) is 11.0 Å². The average Bonchev–Trinajstić information content (AvgIpc) is 3.12. The van der Waals surface area contributed by atoms with Gasteiger partial charge >= 0.3 is 0 Å². The summed E-state index contributed by atoms with van der Waals surface area (Å²) in [5.74, 6) is 1.74. The summed E-state index contributed by atoms with van der Waals surface area (Å²) < 4.78 is 2.15. The van der Waals surface area contributed by atoms with Crippen molar-refractivity contribution in [3.8, 4) is 17.1 Å². The second-order valence-corrected chi connectivity index (χ2v) is 7.50. The molecule has 134 valence electrons. The van der Waals surface area contributed by atoms with Gasteiger partial charge in [-0.2, -0.15) is 0 Å². The van der Waals surface area contributed by atoms with Gasteiger partial charge in [-0.25, -0.2) is 0 Å². The fourth-order valence-electron chi connectivity index (χ4n) is 3.06. The van der Waals surface area contributed by atoms with E-state index in [0.29, 0.717) is 0 Å². The topological polar surface area (TPSA) is 30.7 Å². The monoisotopic (exact) mass is 371 g/mol. The molecule has 1 heterocycles. The predicted molar refractivity (Wildman–Crippen MR) is 112 cm³/mol. The van der Waals surface area contributed by atoms with Gasteiger partial charge in [-0.1, -0.05) is 78.0 Å². The van der Waals surface area contributed by atoms with E-state index in [2.05, 4.69) is 89.3 Å². The Morgan fingerprint density at radius 2 is 1.59 bits per heavy atom. The van der Waals surface area contributed by atoms with Crippen LogP contribution in [0.3, 0.4) is 0 Å². The van der Waals surface area contributed by atoms with E-state index in [1.165, 1.54) is 16.7 Å². The van der Waals surface area contributed by atoms with Gasteiger partial charge < -0.3 is 0 Å². The maximum absolute atomic E-state index is 4.53. The summed E-state index contributed by atoms with van der Waals surface area (Å²) in [7, 11) is 0. The molecule has 3 nitrogen and oxygen atoms in total. The fraction of sp³-hybridized carbons (Fsp3) is 0.130. The van der Waals surface area contributed by atoms with Gasteiger partial charge in [0.2, 0.25) is 0 Å². The summed E-state index contributed by atoms with van der Waals surface area (Å²) in [6.07, 6.45) is 0. The zero-order valence-corrected chi connectivity index (χ0v) is 16.3. The SMILES string of the molecule is Cc1cccc(-c2nnc(SCc3ccccc3C)n2-c2ccccc2)c1. The van der Waals surface area contributed by atoms with E-state index in [1.807, 2.05) is 18.2 Å². The first-order chi connectivity index (χ1) is 13.2. The maximum atomic E-state index is 4.53. The zero-order chi connectivity index (χ0) is 18.6. The Hall–Kier alpha value is -2.85. The zero-order valence-electron chi connectivity index (χ0n) is 15.5. The number of hydrogen-bond acceptors (Lipinski definition) is 3. The van der Waals surface area contributed by atoms with Crippen LogP contribution in [0.1, 0.15) is 16.7 Å². The minimum absolute atomic E-state index is 0.867. The maximum Gasteiger partial charge on any atom is 0.196 e. The van der Waals surface area contributed by atoms with Crippen LogP contribution >= 0.6 is 11.8 Å². The van der Waals surface area contributed by atoms with Gasteiger partial charge in [0, 0.05) is 17.0 Å². The summed E-state index contributed by atoms with van der Waals surface area (Å²) >= 11 is 1.72. The molecule has 0 fully saturated rings. The molecule has 0 spiro atoms. The molecule has 0 saturated carbocycles. The number of thioether (sulfide) groups is 1. The Labute approximate surface area is 164 Å². The highest BCUT2D eigenvalue weighted by molar-refractivity contribution is 7.98. The predicted octanol–water partition coefficient (Wildman–Crippen LogP) is 5.84. The van der Waals surface area contributed by atoms with Crippen LogP contribution in [-0.4, -0.2) is 14.8 Å². The molecule has 0 saturated heterocycles. The summed E-state index contributed by atoms with van der Waals surface area (Å²) in [5, 5.41) is 9.95. The molecule has 0 aliphatic carbocycles. The number of aryl methyl sites for hydroxylation is 2. The van der Waals surface area contributed by atoms with Gasteiger partial charge in [0.25, 0.3) is 0 Å². The number of benzene rings is 3. The molecule has 3 aromatic carbocycles. The van der Waals surface area contributed by atoms with E-state index in [-0.39, 0.29) is 0 Å². The lowest BCUT2D eigenvalue weighted by molar-refractivity contribution is 0.886. The molecule has 0 amide bonds. The molecule has 4 rings (SSSR count). The number of hydrogen-bond donors (Lipinski definition) is 0. The van der Waals surface area contributed by atoms with Crippen LogP contribution in [-0.2, 0) is 5.75 Å². The first-order valence-electron chi connectivity index (χ1n) is 8.97. The minimum Gasteiger partial charge on any atom is -0.270 e. The molecular formula is C23H21N3S. The number of rotatable bonds is 5. The Kier molecular flexibility index (Phi) is 5.07. The molecule has 0 N–H and O–H groups in total. The smallest absolute Gasteiger partial charge is 0.196 e. The molecule has 4 heteroatoms. The van der Waals surface area contributed by atoms with Crippen LogP contribution in [0.5, 0.6) is 0 Å². The van der Waals surface area contributed by atoms with Crippen molar-refractivity contribution in [2.75, 3.05) is 0 Å². The lowest BCUT2D eigenvalue weighted by Gasteiger charge is -2.11. The molecule has 4 aromatic rings. The average molecular weight is 372 g/mol. The summed E-state index contributed by atoms with van der Waals surface area (Å²) in [5.41, 5.74) is 5.99. The molecule has 0 bridgehead atoms. The van der Waals surface area contributed by atoms with E-state index in [0.717, 1.165) is 28.0 Å². The highest BCUT2D eigenvalue weighted by Gasteiger charge is 2.16. The van der Waals surface area contributed by atoms with Crippen LogP contribution in [0.4, 0.5) is 0 Å². The van der Waals surface area contributed by atoms with Gasteiger partial charge in [0.1, 0.15) is 0 Å². The van der Waals surface area contributed by atoms with Crippen LogP contribution in [0.15, 0.2) is 84.0 Å². The van der Waals surface area contributed by atoms with Crippen molar-refractivity contribution in [2.45, 2.75) is 24.8 Å². The Morgan fingerprint density at radius 3 is 2.37 bits per heavy atom. The third-order valence-corrected chi connectivity index (χ3v) is 5.52. The molecule has 0 radical (unpaired) electrons. The minimum atomic E-state index is 0.867. The quantitative estimate of drug-likeness (QED) is 0.413. The normalized spacial score (nSPS) is 10.9. The standard InChI is InChI=1S/C23H21N3S/c1-17-9-8-12-19(15-17)22-24-25-23(26(22)21-13-4-3-5-14-21)27-16-20-11-7-6-10-18(20)2/h3-15H,16H2,1-2H3. The number of para-hydroxylation sites is 1. The van der Waals surface area contributed by atoms with Crippen LogP contribution in [0.25, 0.3) is 17.1 Å². The van der Waals surface area contributed by atoms with Gasteiger partial charge in [-0.15, -0.1) is 10.2 Å².